The van der Waals surface area contributed by atoms with E-state index < -0.39 is 0 Å². The topological polar surface area (TPSA) is 64.1 Å². The molecule has 0 spiro atoms. The fourth-order valence-corrected chi connectivity index (χ4v) is 3.31. The summed E-state index contributed by atoms with van der Waals surface area (Å²) in [6.07, 6.45) is 10.2. The fraction of sp³-hybridized carbons (Fsp3) is 0.235. The Morgan fingerprint density at radius 1 is 1.39 bits per heavy atom. The highest BCUT2D eigenvalue weighted by Crippen LogP contribution is 2.33. The minimum Gasteiger partial charge on any atom is -0.497 e. The molecule has 0 radical (unpaired) electrons. The predicted octanol–water partition coefficient (Wildman–Crippen LogP) is 3.67. The zero-order valence-corrected chi connectivity index (χ0v) is 13.8. The second-order valence-corrected chi connectivity index (χ2v) is 6.37. The lowest BCUT2D eigenvalue weighted by molar-refractivity contribution is 0.102. The van der Waals surface area contributed by atoms with Gasteiger partial charge in [0, 0.05) is 28.8 Å². The molecule has 2 heterocycles. The van der Waals surface area contributed by atoms with E-state index in [4.69, 9.17) is 4.74 Å². The third-order valence-corrected chi connectivity index (χ3v) is 4.55. The summed E-state index contributed by atoms with van der Waals surface area (Å²) in [6, 6.07) is 3.36. The normalized spacial score (nSPS) is 16.8. The lowest BCUT2D eigenvalue weighted by Gasteiger charge is -2.14. The number of hydrogen-bond donors (Lipinski definition) is 1. The van der Waals surface area contributed by atoms with Gasteiger partial charge in [0.05, 0.1) is 12.8 Å². The quantitative estimate of drug-likeness (QED) is 0.930. The van der Waals surface area contributed by atoms with Gasteiger partial charge in [0.1, 0.15) is 5.76 Å². The van der Waals surface area contributed by atoms with Crippen LogP contribution in [0.4, 0.5) is 5.13 Å². The summed E-state index contributed by atoms with van der Waals surface area (Å²) in [5.41, 5.74) is 1.57. The molecular formula is C17H17N3O2S. The number of methoxy groups -OCH3 is 1. The highest BCUT2D eigenvalue weighted by atomic mass is 32.1. The Morgan fingerprint density at radius 3 is 2.83 bits per heavy atom. The van der Waals surface area contributed by atoms with Gasteiger partial charge in [0.25, 0.3) is 5.91 Å². The maximum Gasteiger partial charge on any atom is 0.257 e. The number of rotatable bonds is 4. The van der Waals surface area contributed by atoms with E-state index in [0.29, 0.717) is 10.7 Å². The first-order valence-electron chi connectivity index (χ1n) is 7.28. The van der Waals surface area contributed by atoms with Crippen LogP contribution in [0.1, 0.15) is 33.3 Å². The Kier molecular flexibility index (Phi) is 4.52. The van der Waals surface area contributed by atoms with Gasteiger partial charge in [-0.3, -0.25) is 15.1 Å². The molecule has 3 rings (SSSR count). The number of anilines is 1. The van der Waals surface area contributed by atoms with E-state index in [1.165, 1.54) is 11.3 Å². The van der Waals surface area contributed by atoms with E-state index in [1.807, 2.05) is 13.0 Å². The van der Waals surface area contributed by atoms with Crippen LogP contribution in [0.15, 0.2) is 48.5 Å². The van der Waals surface area contributed by atoms with Gasteiger partial charge in [-0.05, 0) is 37.6 Å². The van der Waals surface area contributed by atoms with Crippen molar-refractivity contribution in [2.75, 3.05) is 12.4 Å². The Bertz CT molecular complexity index is 765. The highest BCUT2D eigenvalue weighted by molar-refractivity contribution is 7.15. The zero-order valence-electron chi connectivity index (χ0n) is 12.9. The van der Waals surface area contributed by atoms with Gasteiger partial charge in [0.15, 0.2) is 5.13 Å². The summed E-state index contributed by atoms with van der Waals surface area (Å²) in [4.78, 5) is 21.8. The number of carbonyl (C=O) groups is 1. The van der Waals surface area contributed by atoms with E-state index in [9.17, 15) is 4.79 Å². The Balaban J connectivity index is 1.73. The van der Waals surface area contributed by atoms with E-state index in [2.05, 4.69) is 27.4 Å². The van der Waals surface area contributed by atoms with Gasteiger partial charge in [0.2, 0.25) is 0 Å². The SMILES string of the molecule is COC1=CCC(c2nc(NC(=O)c3ccncc3)sc2C)C=C1. The predicted molar refractivity (Wildman–Crippen MR) is 90.6 cm³/mol. The molecule has 0 bridgehead atoms. The van der Waals surface area contributed by atoms with Gasteiger partial charge in [-0.1, -0.05) is 6.08 Å². The van der Waals surface area contributed by atoms with Gasteiger partial charge in [-0.15, -0.1) is 11.3 Å². The Morgan fingerprint density at radius 2 is 2.17 bits per heavy atom. The summed E-state index contributed by atoms with van der Waals surface area (Å²) in [7, 11) is 1.66. The number of aromatic nitrogens is 2. The van der Waals surface area contributed by atoms with E-state index in [-0.39, 0.29) is 11.8 Å². The van der Waals surface area contributed by atoms with Crippen LogP contribution in [-0.2, 0) is 4.74 Å². The van der Waals surface area contributed by atoms with Crippen LogP contribution < -0.4 is 5.32 Å². The smallest absolute Gasteiger partial charge is 0.257 e. The second kappa shape index (κ2) is 6.75. The fourth-order valence-electron chi connectivity index (χ4n) is 2.43. The molecule has 5 nitrogen and oxygen atoms in total. The van der Waals surface area contributed by atoms with Crippen molar-refractivity contribution >= 4 is 22.4 Å². The molecule has 0 aromatic carbocycles. The van der Waals surface area contributed by atoms with E-state index >= 15 is 0 Å². The average molecular weight is 327 g/mol. The third-order valence-electron chi connectivity index (χ3n) is 3.65. The molecule has 0 aliphatic heterocycles. The number of hydrogen-bond acceptors (Lipinski definition) is 5. The summed E-state index contributed by atoms with van der Waals surface area (Å²) < 4.78 is 5.21. The van der Waals surface area contributed by atoms with E-state index in [1.54, 1.807) is 31.6 Å². The third kappa shape index (κ3) is 3.48. The number of carbonyl (C=O) groups excluding carboxylic acids is 1. The number of thiazole rings is 1. The van der Waals surface area contributed by atoms with Crippen molar-refractivity contribution in [3.63, 3.8) is 0 Å². The van der Waals surface area contributed by atoms with Crippen LogP contribution in [-0.4, -0.2) is 23.0 Å². The Hall–Kier alpha value is -2.47. The number of allylic oxidation sites excluding steroid dienone is 3. The first kappa shape index (κ1) is 15.4. The molecule has 2 aromatic rings. The molecule has 118 valence electrons. The molecule has 6 heteroatoms. The number of pyridine rings is 1. The molecule has 0 fully saturated rings. The first-order valence-corrected chi connectivity index (χ1v) is 8.10. The minimum absolute atomic E-state index is 0.173. The van der Waals surface area contributed by atoms with Crippen molar-refractivity contribution in [3.8, 4) is 0 Å². The van der Waals surface area contributed by atoms with Crippen molar-refractivity contribution in [3.05, 3.63) is 64.6 Å². The molecule has 0 saturated carbocycles. The molecule has 1 N–H and O–H groups in total. The number of ether oxygens (including phenoxy) is 1. The summed E-state index contributed by atoms with van der Waals surface area (Å²) in [6.45, 7) is 2.03. The second-order valence-electron chi connectivity index (χ2n) is 5.16. The van der Waals surface area contributed by atoms with Crippen LogP contribution in [0.3, 0.4) is 0 Å². The van der Waals surface area contributed by atoms with Crippen molar-refractivity contribution < 1.29 is 9.53 Å². The molecule has 1 atom stereocenters. The average Bonchev–Trinajstić information content (AvgIpc) is 2.96. The van der Waals surface area contributed by atoms with E-state index in [0.717, 1.165) is 22.8 Å². The standard InChI is InChI=1S/C17H17N3O2S/c1-11-15(12-3-5-14(22-2)6-4-12)19-17(23-11)20-16(21)13-7-9-18-10-8-13/h3,5-10,12H,4H2,1-2H3,(H,19,20,21). The van der Waals surface area contributed by atoms with Crippen molar-refractivity contribution in [1.29, 1.82) is 0 Å². The summed E-state index contributed by atoms with van der Waals surface area (Å²) in [5, 5.41) is 3.47. The largest absolute Gasteiger partial charge is 0.497 e. The minimum atomic E-state index is -0.173. The van der Waals surface area contributed by atoms with Crippen molar-refractivity contribution in [1.82, 2.24) is 9.97 Å². The van der Waals surface area contributed by atoms with Gasteiger partial charge >= 0.3 is 0 Å². The van der Waals surface area contributed by atoms with Crippen LogP contribution in [0.25, 0.3) is 0 Å². The lowest BCUT2D eigenvalue weighted by Crippen LogP contribution is -2.11. The monoisotopic (exact) mass is 327 g/mol. The van der Waals surface area contributed by atoms with Crippen molar-refractivity contribution in [2.45, 2.75) is 19.3 Å². The summed E-state index contributed by atoms with van der Waals surface area (Å²) in [5.74, 6) is 0.922. The maximum absolute atomic E-state index is 12.2. The van der Waals surface area contributed by atoms with Crippen LogP contribution in [0.5, 0.6) is 0 Å². The number of nitrogens with one attached hydrogen (secondary N) is 1. The van der Waals surface area contributed by atoms with Crippen LogP contribution in [0, 0.1) is 6.92 Å². The first-order chi connectivity index (χ1) is 11.2. The molecule has 1 unspecified atom stereocenters. The number of nitrogens with zero attached hydrogens (tertiary/aromatic N) is 2. The Labute approximate surface area is 138 Å². The van der Waals surface area contributed by atoms with Crippen molar-refractivity contribution in [2.24, 2.45) is 0 Å². The van der Waals surface area contributed by atoms with Crippen LogP contribution >= 0.6 is 11.3 Å². The molecule has 0 saturated heterocycles. The maximum atomic E-state index is 12.2. The molecule has 2 aromatic heterocycles. The molecular weight excluding hydrogens is 310 g/mol. The summed E-state index contributed by atoms with van der Waals surface area (Å²) >= 11 is 1.49. The van der Waals surface area contributed by atoms with Gasteiger partial charge in [-0.25, -0.2) is 4.98 Å². The molecule has 1 amide bonds. The lowest BCUT2D eigenvalue weighted by atomic mass is 9.96. The highest BCUT2D eigenvalue weighted by Gasteiger charge is 2.19. The van der Waals surface area contributed by atoms with Gasteiger partial charge < -0.3 is 4.74 Å². The zero-order chi connectivity index (χ0) is 16.2. The molecule has 1 aliphatic rings. The van der Waals surface area contributed by atoms with Gasteiger partial charge in [-0.2, -0.15) is 0 Å². The number of amides is 1. The molecule has 23 heavy (non-hydrogen) atoms. The van der Waals surface area contributed by atoms with Crippen LogP contribution in [0.2, 0.25) is 0 Å². The number of aryl methyl sites for hydroxylation is 1. The molecule has 1 aliphatic carbocycles.